The molecule has 0 aliphatic carbocycles. The summed E-state index contributed by atoms with van der Waals surface area (Å²) in [4.78, 5) is 0. The van der Waals surface area contributed by atoms with Crippen LogP contribution < -0.4 is 15.2 Å². The summed E-state index contributed by atoms with van der Waals surface area (Å²) in [6.45, 7) is 2.76. The van der Waals surface area contributed by atoms with E-state index in [1.165, 1.54) is 12.1 Å². The topological polar surface area (TPSA) is 132 Å². The number of nitrogens with one attached hydrogen (secondary N) is 2. The quantitative estimate of drug-likeness (QED) is 0.561. The lowest BCUT2D eigenvalue weighted by molar-refractivity contribution is 0.402. The van der Waals surface area contributed by atoms with Crippen molar-refractivity contribution in [2.24, 2.45) is 5.14 Å². The predicted molar refractivity (Wildman–Crippen MR) is 69.3 cm³/mol. The number of rotatable bonds is 8. The molecule has 1 aromatic heterocycles. The van der Waals surface area contributed by atoms with Gasteiger partial charge in [0.2, 0.25) is 15.1 Å². The molecule has 1 heterocycles. The third-order valence-corrected chi connectivity index (χ3v) is 4.24. The van der Waals surface area contributed by atoms with E-state index in [1.807, 2.05) is 6.92 Å². The highest BCUT2D eigenvalue weighted by Crippen LogP contribution is 2.13. The second kappa shape index (κ2) is 6.48. The van der Waals surface area contributed by atoms with Crippen LogP contribution in [0, 0.1) is 0 Å². The standard InChI is InChI=1S/C9H17N3O5S2/c1-2-11-7-8-3-4-9(17-8)19(15,16)12-5-6-18(10,13)14/h3-4,11-12H,2,5-7H2,1H3,(H2,10,13,14). The molecule has 0 aliphatic heterocycles. The van der Waals surface area contributed by atoms with Crippen LogP contribution in [0.3, 0.4) is 0 Å². The van der Waals surface area contributed by atoms with Crippen LogP contribution in [0.15, 0.2) is 21.6 Å². The molecule has 0 radical (unpaired) electrons. The second-order valence-electron chi connectivity index (χ2n) is 3.77. The van der Waals surface area contributed by atoms with Gasteiger partial charge in [0.25, 0.3) is 10.0 Å². The summed E-state index contributed by atoms with van der Waals surface area (Å²) >= 11 is 0. The minimum absolute atomic E-state index is 0.255. The van der Waals surface area contributed by atoms with Crippen LogP contribution in [0.1, 0.15) is 12.7 Å². The zero-order valence-corrected chi connectivity index (χ0v) is 12.1. The van der Waals surface area contributed by atoms with Crippen molar-refractivity contribution < 1.29 is 21.3 Å². The molecule has 0 aliphatic rings. The summed E-state index contributed by atoms with van der Waals surface area (Å²) in [7, 11) is -7.55. The lowest BCUT2D eigenvalue weighted by Crippen LogP contribution is -2.31. The number of nitrogens with two attached hydrogens (primary N) is 1. The van der Waals surface area contributed by atoms with Crippen molar-refractivity contribution in [1.29, 1.82) is 0 Å². The normalized spacial score (nSPS) is 12.7. The molecular formula is C9H17N3O5S2. The van der Waals surface area contributed by atoms with Crippen LogP contribution in [-0.4, -0.2) is 35.7 Å². The van der Waals surface area contributed by atoms with Gasteiger partial charge in [0.1, 0.15) is 5.76 Å². The van der Waals surface area contributed by atoms with E-state index >= 15 is 0 Å². The van der Waals surface area contributed by atoms with Gasteiger partial charge in [-0.1, -0.05) is 6.92 Å². The number of primary sulfonamides is 1. The minimum Gasteiger partial charge on any atom is -0.447 e. The first-order valence-corrected chi connectivity index (χ1v) is 8.74. The number of furan rings is 1. The third-order valence-electron chi connectivity index (χ3n) is 2.13. The molecule has 0 aromatic carbocycles. The van der Waals surface area contributed by atoms with Crippen molar-refractivity contribution >= 4 is 20.0 Å². The molecule has 4 N–H and O–H groups in total. The number of hydrogen-bond donors (Lipinski definition) is 3. The molecule has 110 valence electrons. The highest BCUT2D eigenvalue weighted by atomic mass is 32.2. The predicted octanol–water partition coefficient (Wildman–Crippen LogP) is -1.04. The van der Waals surface area contributed by atoms with Crippen LogP contribution in [0.5, 0.6) is 0 Å². The highest BCUT2D eigenvalue weighted by Gasteiger charge is 2.19. The van der Waals surface area contributed by atoms with Gasteiger partial charge in [-0.25, -0.2) is 26.7 Å². The van der Waals surface area contributed by atoms with Crippen LogP contribution in [0.2, 0.25) is 0 Å². The average molecular weight is 311 g/mol. The van der Waals surface area contributed by atoms with Crippen LogP contribution in [0.25, 0.3) is 0 Å². The molecule has 0 fully saturated rings. The Labute approximate surface area is 112 Å². The highest BCUT2D eigenvalue weighted by molar-refractivity contribution is 7.90. The van der Waals surface area contributed by atoms with E-state index < -0.39 is 25.8 Å². The molecule has 0 spiro atoms. The Balaban J connectivity index is 2.64. The molecule has 19 heavy (non-hydrogen) atoms. The third kappa shape index (κ3) is 5.70. The summed E-state index contributed by atoms with van der Waals surface area (Å²) in [5.41, 5.74) is 0. The van der Waals surface area contributed by atoms with E-state index in [0.717, 1.165) is 6.54 Å². The second-order valence-corrected chi connectivity index (χ2v) is 7.20. The van der Waals surface area contributed by atoms with E-state index in [1.54, 1.807) is 0 Å². The lowest BCUT2D eigenvalue weighted by Gasteiger charge is -2.03. The first kappa shape index (κ1) is 16.1. The van der Waals surface area contributed by atoms with Crippen molar-refractivity contribution in [3.05, 3.63) is 17.9 Å². The van der Waals surface area contributed by atoms with Gasteiger partial charge >= 0.3 is 0 Å². The van der Waals surface area contributed by atoms with Gasteiger partial charge in [0.15, 0.2) is 0 Å². The molecule has 0 amide bonds. The summed E-state index contributed by atoms with van der Waals surface area (Å²) in [5, 5.41) is 7.50. The van der Waals surface area contributed by atoms with Crippen LogP contribution in [-0.2, 0) is 26.6 Å². The van der Waals surface area contributed by atoms with Gasteiger partial charge in [0, 0.05) is 6.54 Å². The first-order valence-electron chi connectivity index (χ1n) is 5.54. The summed E-state index contributed by atoms with van der Waals surface area (Å²) in [6, 6.07) is 2.85. The van der Waals surface area contributed by atoms with Crippen molar-refractivity contribution in [1.82, 2.24) is 10.0 Å². The van der Waals surface area contributed by atoms with Gasteiger partial charge in [0.05, 0.1) is 12.3 Å². The maximum atomic E-state index is 11.7. The Kier molecular flexibility index (Phi) is 5.50. The maximum absolute atomic E-state index is 11.7. The molecule has 1 aromatic rings. The zero-order chi connectivity index (χ0) is 14.5. The molecule has 0 unspecified atom stereocenters. The fraction of sp³-hybridized carbons (Fsp3) is 0.556. The summed E-state index contributed by atoms with van der Waals surface area (Å²) in [6.07, 6.45) is 0. The van der Waals surface area contributed by atoms with Gasteiger partial charge in [-0.3, -0.25) is 0 Å². The van der Waals surface area contributed by atoms with Gasteiger partial charge in [-0.15, -0.1) is 0 Å². The molecule has 0 saturated heterocycles. The number of hydrogen-bond acceptors (Lipinski definition) is 6. The average Bonchev–Trinajstić information content (AvgIpc) is 2.73. The van der Waals surface area contributed by atoms with Crippen molar-refractivity contribution in [2.45, 2.75) is 18.6 Å². The van der Waals surface area contributed by atoms with E-state index in [4.69, 9.17) is 9.56 Å². The maximum Gasteiger partial charge on any atom is 0.273 e. The molecule has 0 atom stereocenters. The van der Waals surface area contributed by atoms with Crippen LogP contribution >= 0.6 is 0 Å². The van der Waals surface area contributed by atoms with Gasteiger partial charge in [-0.2, -0.15) is 0 Å². The lowest BCUT2D eigenvalue weighted by atomic mass is 10.4. The molecule has 8 nitrogen and oxygen atoms in total. The Morgan fingerprint density at radius 1 is 1.26 bits per heavy atom. The molecule has 0 bridgehead atoms. The monoisotopic (exact) mass is 311 g/mol. The van der Waals surface area contributed by atoms with Crippen LogP contribution in [0.4, 0.5) is 0 Å². The molecule has 0 saturated carbocycles. The number of sulfonamides is 2. The molecule has 10 heteroatoms. The zero-order valence-electron chi connectivity index (χ0n) is 10.4. The fourth-order valence-electron chi connectivity index (χ4n) is 1.24. The van der Waals surface area contributed by atoms with E-state index in [0.29, 0.717) is 12.3 Å². The molecular weight excluding hydrogens is 294 g/mol. The summed E-state index contributed by atoms with van der Waals surface area (Å²) < 4.78 is 52.1. The minimum atomic E-state index is -3.85. The Hall–Kier alpha value is -0.940. The van der Waals surface area contributed by atoms with Crippen molar-refractivity contribution in [3.63, 3.8) is 0 Å². The largest absolute Gasteiger partial charge is 0.447 e. The van der Waals surface area contributed by atoms with Gasteiger partial charge in [-0.05, 0) is 18.7 Å². The van der Waals surface area contributed by atoms with E-state index in [9.17, 15) is 16.8 Å². The first-order chi connectivity index (χ1) is 8.74. The van der Waals surface area contributed by atoms with E-state index in [2.05, 4.69) is 10.0 Å². The Morgan fingerprint density at radius 2 is 1.95 bits per heavy atom. The Bertz CT molecular complexity index is 606. The smallest absolute Gasteiger partial charge is 0.273 e. The summed E-state index contributed by atoms with van der Waals surface area (Å²) in [5.74, 6) is 0.00524. The Morgan fingerprint density at radius 3 is 2.53 bits per heavy atom. The SMILES string of the molecule is CCNCc1ccc(S(=O)(=O)NCCS(N)(=O)=O)o1. The van der Waals surface area contributed by atoms with Gasteiger partial charge < -0.3 is 9.73 Å². The fourth-order valence-corrected chi connectivity index (χ4v) is 2.73. The van der Waals surface area contributed by atoms with Crippen molar-refractivity contribution in [3.8, 4) is 0 Å². The van der Waals surface area contributed by atoms with Crippen molar-refractivity contribution in [2.75, 3.05) is 18.8 Å². The van der Waals surface area contributed by atoms with E-state index in [-0.39, 0.29) is 11.6 Å². The molecule has 1 rings (SSSR count).